The Morgan fingerprint density at radius 1 is 0.938 bits per heavy atom. The maximum atomic E-state index is 12.3. The molecular weight excluding hydrogens is 406 g/mol. The standard InChI is InChI=1S/C25H23N3O4/c1-17-6-5-8-20(14-17)24(30)26-16-23(29)28-27-15-19-10-12-21(13-11-19)32-25(31)22-9-4-3-7-18(22)2/h3-15H,16H2,1-2H3,(H,26,30)(H,28,29). The molecule has 0 radical (unpaired) electrons. The largest absolute Gasteiger partial charge is 0.423 e. The second kappa shape index (κ2) is 10.7. The minimum absolute atomic E-state index is 0.197. The van der Waals surface area contributed by atoms with E-state index in [-0.39, 0.29) is 12.5 Å². The van der Waals surface area contributed by atoms with Crippen LogP contribution in [0.3, 0.4) is 0 Å². The van der Waals surface area contributed by atoms with Gasteiger partial charge in [-0.15, -0.1) is 0 Å². The number of aryl methyl sites for hydroxylation is 2. The highest BCUT2D eigenvalue weighted by atomic mass is 16.5. The highest BCUT2D eigenvalue weighted by molar-refractivity contribution is 5.96. The van der Waals surface area contributed by atoms with E-state index in [9.17, 15) is 14.4 Å². The summed E-state index contributed by atoms with van der Waals surface area (Å²) in [6.45, 7) is 3.54. The number of hydrogen-bond donors (Lipinski definition) is 2. The van der Waals surface area contributed by atoms with Crippen LogP contribution in [0.5, 0.6) is 5.75 Å². The van der Waals surface area contributed by atoms with Gasteiger partial charge >= 0.3 is 5.97 Å². The Balaban J connectivity index is 1.46. The SMILES string of the molecule is Cc1cccc(C(=O)NCC(=O)NN=Cc2ccc(OC(=O)c3ccccc3C)cc2)c1. The van der Waals surface area contributed by atoms with Crippen LogP contribution >= 0.6 is 0 Å². The fourth-order valence-electron chi connectivity index (χ4n) is 2.85. The average Bonchev–Trinajstić information content (AvgIpc) is 2.79. The molecule has 7 heteroatoms. The van der Waals surface area contributed by atoms with Crippen LogP contribution in [0.25, 0.3) is 0 Å². The summed E-state index contributed by atoms with van der Waals surface area (Å²) in [6, 6.07) is 21.0. The van der Waals surface area contributed by atoms with E-state index in [0.29, 0.717) is 22.4 Å². The van der Waals surface area contributed by atoms with Gasteiger partial charge in [0.05, 0.1) is 18.3 Å². The molecule has 7 nitrogen and oxygen atoms in total. The predicted molar refractivity (Wildman–Crippen MR) is 122 cm³/mol. The lowest BCUT2D eigenvalue weighted by atomic mass is 10.1. The van der Waals surface area contributed by atoms with E-state index < -0.39 is 11.9 Å². The third-order valence-electron chi connectivity index (χ3n) is 4.55. The minimum Gasteiger partial charge on any atom is -0.423 e. The second-order valence-corrected chi connectivity index (χ2v) is 7.12. The zero-order valence-electron chi connectivity index (χ0n) is 17.8. The summed E-state index contributed by atoms with van der Waals surface area (Å²) in [7, 11) is 0. The molecule has 3 rings (SSSR count). The van der Waals surface area contributed by atoms with Crippen molar-refractivity contribution in [2.75, 3.05) is 6.54 Å². The summed E-state index contributed by atoms with van der Waals surface area (Å²) in [5, 5.41) is 6.42. The van der Waals surface area contributed by atoms with E-state index in [1.165, 1.54) is 6.21 Å². The number of rotatable bonds is 7. The fraction of sp³-hybridized carbons (Fsp3) is 0.120. The van der Waals surface area contributed by atoms with Crippen LogP contribution in [0.1, 0.15) is 37.4 Å². The van der Waals surface area contributed by atoms with Crippen LogP contribution in [0.2, 0.25) is 0 Å². The number of nitrogens with zero attached hydrogens (tertiary/aromatic N) is 1. The van der Waals surface area contributed by atoms with Crippen LogP contribution < -0.4 is 15.5 Å². The van der Waals surface area contributed by atoms with E-state index in [2.05, 4.69) is 15.8 Å². The molecule has 0 aromatic heterocycles. The minimum atomic E-state index is -0.453. The molecule has 2 amide bonds. The number of hydrogen-bond acceptors (Lipinski definition) is 5. The molecule has 0 aliphatic rings. The van der Waals surface area contributed by atoms with Crippen LogP contribution in [0.15, 0.2) is 77.9 Å². The van der Waals surface area contributed by atoms with Gasteiger partial charge in [-0.2, -0.15) is 5.10 Å². The van der Waals surface area contributed by atoms with Gasteiger partial charge in [0, 0.05) is 5.56 Å². The van der Waals surface area contributed by atoms with Crippen LogP contribution in [0, 0.1) is 13.8 Å². The first-order chi connectivity index (χ1) is 15.4. The van der Waals surface area contributed by atoms with Crippen molar-refractivity contribution in [3.63, 3.8) is 0 Å². The molecule has 0 heterocycles. The maximum absolute atomic E-state index is 12.3. The zero-order chi connectivity index (χ0) is 22.9. The monoisotopic (exact) mass is 429 g/mol. The van der Waals surface area contributed by atoms with Crippen molar-refractivity contribution >= 4 is 24.0 Å². The summed E-state index contributed by atoms with van der Waals surface area (Å²) in [5.74, 6) is -0.808. The van der Waals surface area contributed by atoms with E-state index in [1.54, 1.807) is 54.6 Å². The van der Waals surface area contributed by atoms with Gasteiger partial charge in [0.2, 0.25) is 0 Å². The van der Waals surface area contributed by atoms with Gasteiger partial charge in [-0.3, -0.25) is 9.59 Å². The van der Waals surface area contributed by atoms with Gasteiger partial charge in [0.25, 0.3) is 11.8 Å². The molecule has 162 valence electrons. The highest BCUT2D eigenvalue weighted by Crippen LogP contribution is 2.15. The molecular formula is C25H23N3O4. The molecule has 0 spiro atoms. The molecule has 3 aromatic rings. The number of carbonyl (C=O) groups excluding carboxylic acids is 3. The Kier molecular flexibility index (Phi) is 7.48. The molecule has 2 N–H and O–H groups in total. The van der Waals surface area contributed by atoms with Crippen LogP contribution in [-0.2, 0) is 4.79 Å². The third-order valence-corrected chi connectivity index (χ3v) is 4.55. The lowest BCUT2D eigenvalue weighted by molar-refractivity contribution is -0.120. The first-order valence-electron chi connectivity index (χ1n) is 9.97. The van der Waals surface area contributed by atoms with E-state index >= 15 is 0 Å². The van der Waals surface area contributed by atoms with E-state index in [0.717, 1.165) is 11.1 Å². The Morgan fingerprint density at radius 2 is 1.69 bits per heavy atom. The van der Waals surface area contributed by atoms with Gasteiger partial charge in [-0.1, -0.05) is 35.9 Å². The van der Waals surface area contributed by atoms with Crippen molar-refractivity contribution in [2.45, 2.75) is 13.8 Å². The molecule has 0 fully saturated rings. The summed E-state index contributed by atoms with van der Waals surface area (Å²) in [6.07, 6.45) is 1.45. The quantitative estimate of drug-likeness (QED) is 0.260. The number of amides is 2. The lowest BCUT2D eigenvalue weighted by Crippen LogP contribution is -2.34. The predicted octanol–water partition coefficient (Wildman–Crippen LogP) is 3.40. The highest BCUT2D eigenvalue weighted by Gasteiger charge is 2.11. The van der Waals surface area contributed by atoms with Crippen molar-refractivity contribution in [1.29, 1.82) is 0 Å². The molecule has 32 heavy (non-hydrogen) atoms. The first kappa shape index (κ1) is 22.4. The van der Waals surface area contributed by atoms with Gasteiger partial charge in [-0.05, 0) is 67.4 Å². The number of nitrogens with one attached hydrogen (secondary N) is 2. The topological polar surface area (TPSA) is 96.9 Å². The second-order valence-electron chi connectivity index (χ2n) is 7.12. The molecule has 0 saturated carbocycles. The smallest absolute Gasteiger partial charge is 0.343 e. The average molecular weight is 429 g/mol. The molecule has 0 bridgehead atoms. The van der Waals surface area contributed by atoms with Crippen molar-refractivity contribution in [3.05, 3.63) is 101 Å². The normalized spacial score (nSPS) is 10.6. The number of benzene rings is 3. The number of carbonyl (C=O) groups is 3. The molecule has 0 atom stereocenters. The Labute approximate surface area is 186 Å². The maximum Gasteiger partial charge on any atom is 0.343 e. The van der Waals surface area contributed by atoms with E-state index in [4.69, 9.17) is 4.74 Å². The van der Waals surface area contributed by atoms with Gasteiger partial charge in [-0.25, -0.2) is 10.2 Å². The first-order valence-corrected chi connectivity index (χ1v) is 9.97. The summed E-state index contributed by atoms with van der Waals surface area (Å²) >= 11 is 0. The van der Waals surface area contributed by atoms with Crippen LogP contribution in [-0.4, -0.2) is 30.5 Å². The number of ether oxygens (including phenoxy) is 1. The fourth-order valence-corrected chi connectivity index (χ4v) is 2.85. The number of hydrazone groups is 1. The van der Waals surface area contributed by atoms with Crippen molar-refractivity contribution in [3.8, 4) is 5.75 Å². The molecule has 0 aliphatic carbocycles. The number of esters is 1. The van der Waals surface area contributed by atoms with Gasteiger partial charge in [0.15, 0.2) is 0 Å². The van der Waals surface area contributed by atoms with Gasteiger partial charge < -0.3 is 10.1 Å². The van der Waals surface area contributed by atoms with Gasteiger partial charge in [0.1, 0.15) is 5.75 Å². The molecule has 0 unspecified atom stereocenters. The Bertz CT molecular complexity index is 1150. The Morgan fingerprint density at radius 3 is 2.41 bits per heavy atom. The summed E-state index contributed by atoms with van der Waals surface area (Å²) < 4.78 is 5.38. The summed E-state index contributed by atoms with van der Waals surface area (Å²) in [5.41, 5.74) is 5.85. The molecule has 0 saturated heterocycles. The third kappa shape index (κ3) is 6.37. The summed E-state index contributed by atoms with van der Waals surface area (Å²) in [4.78, 5) is 36.2. The molecule has 0 aliphatic heterocycles. The van der Waals surface area contributed by atoms with Crippen molar-refractivity contribution < 1.29 is 19.1 Å². The lowest BCUT2D eigenvalue weighted by Gasteiger charge is -2.06. The van der Waals surface area contributed by atoms with E-state index in [1.807, 2.05) is 32.0 Å². The zero-order valence-corrected chi connectivity index (χ0v) is 17.8. The van der Waals surface area contributed by atoms with Crippen LogP contribution in [0.4, 0.5) is 0 Å². The Hall–Kier alpha value is -4.26. The molecule has 3 aromatic carbocycles. The van der Waals surface area contributed by atoms with Crippen molar-refractivity contribution in [1.82, 2.24) is 10.7 Å². The van der Waals surface area contributed by atoms with Crippen molar-refractivity contribution in [2.24, 2.45) is 5.10 Å².